The van der Waals surface area contributed by atoms with Crippen LogP contribution in [0.4, 0.5) is 0 Å². The molecule has 0 rings (SSSR count). The second kappa shape index (κ2) is 5.57. The van der Waals surface area contributed by atoms with Gasteiger partial charge in [0, 0.05) is 19.0 Å². The summed E-state index contributed by atoms with van der Waals surface area (Å²) in [4.78, 5) is 2.02. The monoisotopic (exact) mass is 165 g/mol. The van der Waals surface area contributed by atoms with Crippen LogP contribution in [0, 0.1) is 22.7 Å². The van der Waals surface area contributed by atoms with Gasteiger partial charge in [0.25, 0.3) is 0 Å². The standard InChI is InChI=1S/C9H15N3/c1-8(2)12(6-4-5-10)9(3)7-11/h8-9H,4,6H2,1-3H3. The van der Waals surface area contributed by atoms with Crippen molar-refractivity contribution in [3.8, 4) is 12.1 Å². The highest BCUT2D eigenvalue weighted by atomic mass is 15.2. The van der Waals surface area contributed by atoms with Crippen molar-refractivity contribution in [2.45, 2.75) is 39.3 Å². The lowest BCUT2D eigenvalue weighted by Crippen LogP contribution is -2.38. The molecular weight excluding hydrogens is 150 g/mol. The van der Waals surface area contributed by atoms with Crippen LogP contribution < -0.4 is 0 Å². The second-order valence-electron chi connectivity index (χ2n) is 3.04. The predicted molar refractivity (Wildman–Crippen MR) is 47.1 cm³/mol. The van der Waals surface area contributed by atoms with Gasteiger partial charge in [-0.05, 0) is 20.8 Å². The molecule has 0 aromatic rings. The Labute approximate surface area is 74.2 Å². The summed E-state index contributed by atoms with van der Waals surface area (Å²) in [5, 5.41) is 17.1. The maximum atomic E-state index is 8.68. The van der Waals surface area contributed by atoms with Gasteiger partial charge in [-0.1, -0.05) is 0 Å². The molecule has 3 heteroatoms. The molecule has 0 fully saturated rings. The van der Waals surface area contributed by atoms with Crippen LogP contribution in [0.5, 0.6) is 0 Å². The van der Waals surface area contributed by atoms with Crippen molar-refractivity contribution in [2.24, 2.45) is 0 Å². The maximum absolute atomic E-state index is 8.68. The molecule has 0 amide bonds. The summed E-state index contributed by atoms with van der Waals surface area (Å²) in [6.45, 7) is 6.61. The smallest absolute Gasteiger partial charge is 0.0951 e. The molecule has 0 saturated carbocycles. The SMILES string of the molecule is CC(C)N(CCC#N)C(C)C#N. The van der Waals surface area contributed by atoms with Gasteiger partial charge in [-0.15, -0.1) is 0 Å². The fraction of sp³-hybridized carbons (Fsp3) is 0.778. The van der Waals surface area contributed by atoms with Crippen molar-refractivity contribution in [3.63, 3.8) is 0 Å². The van der Waals surface area contributed by atoms with Crippen molar-refractivity contribution >= 4 is 0 Å². The third-order valence-corrected chi connectivity index (χ3v) is 1.83. The molecule has 0 N–H and O–H groups in total. The van der Waals surface area contributed by atoms with E-state index < -0.39 is 0 Å². The van der Waals surface area contributed by atoms with E-state index in [-0.39, 0.29) is 6.04 Å². The molecule has 0 radical (unpaired) electrons. The predicted octanol–water partition coefficient (Wildman–Crippen LogP) is 1.52. The highest BCUT2D eigenvalue weighted by Gasteiger charge is 2.15. The fourth-order valence-electron chi connectivity index (χ4n) is 1.15. The minimum atomic E-state index is -0.0988. The van der Waals surface area contributed by atoms with E-state index in [1.165, 1.54) is 0 Å². The van der Waals surface area contributed by atoms with Crippen LogP contribution in [-0.4, -0.2) is 23.5 Å². The first-order valence-corrected chi connectivity index (χ1v) is 4.15. The fourth-order valence-corrected chi connectivity index (χ4v) is 1.15. The second-order valence-corrected chi connectivity index (χ2v) is 3.04. The van der Waals surface area contributed by atoms with Crippen molar-refractivity contribution < 1.29 is 0 Å². The Balaban J connectivity index is 4.08. The van der Waals surface area contributed by atoms with Crippen LogP contribution in [0.2, 0.25) is 0 Å². The van der Waals surface area contributed by atoms with Crippen LogP contribution in [0.3, 0.4) is 0 Å². The van der Waals surface area contributed by atoms with Crippen LogP contribution in [0.15, 0.2) is 0 Å². The Kier molecular flexibility index (Phi) is 5.08. The molecule has 0 aromatic heterocycles. The van der Waals surface area contributed by atoms with Gasteiger partial charge in [0.1, 0.15) is 0 Å². The topological polar surface area (TPSA) is 50.8 Å². The molecule has 0 aliphatic carbocycles. The summed E-state index contributed by atoms with van der Waals surface area (Å²) < 4.78 is 0. The molecule has 0 spiro atoms. The van der Waals surface area contributed by atoms with Crippen molar-refractivity contribution in [1.29, 1.82) is 10.5 Å². The van der Waals surface area contributed by atoms with Gasteiger partial charge in [-0.25, -0.2) is 0 Å². The lowest BCUT2D eigenvalue weighted by atomic mass is 10.2. The Morgan fingerprint density at radius 2 is 1.83 bits per heavy atom. The van der Waals surface area contributed by atoms with Gasteiger partial charge in [-0.2, -0.15) is 10.5 Å². The number of hydrogen-bond acceptors (Lipinski definition) is 3. The lowest BCUT2D eigenvalue weighted by molar-refractivity contribution is 0.200. The van der Waals surface area contributed by atoms with E-state index in [9.17, 15) is 0 Å². The molecule has 0 saturated heterocycles. The van der Waals surface area contributed by atoms with E-state index in [1.807, 2.05) is 25.7 Å². The van der Waals surface area contributed by atoms with E-state index in [0.29, 0.717) is 19.0 Å². The normalized spacial score (nSPS) is 12.6. The quantitative estimate of drug-likeness (QED) is 0.634. The molecule has 0 heterocycles. The summed E-state index contributed by atoms with van der Waals surface area (Å²) >= 11 is 0. The van der Waals surface area contributed by atoms with Crippen molar-refractivity contribution in [1.82, 2.24) is 4.90 Å². The number of hydrogen-bond donors (Lipinski definition) is 0. The van der Waals surface area contributed by atoms with Crippen molar-refractivity contribution in [3.05, 3.63) is 0 Å². The van der Waals surface area contributed by atoms with Crippen LogP contribution >= 0.6 is 0 Å². The van der Waals surface area contributed by atoms with Gasteiger partial charge >= 0.3 is 0 Å². The molecule has 0 aromatic carbocycles. The van der Waals surface area contributed by atoms with Gasteiger partial charge in [0.05, 0.1) is 18.2 Å². The first kappa shape index (κ1) is 10.9. The first-order chi connectivity index (χ1) is 5.63. The molecular formula is C9H15N3. The molecule has 0 bridgehead atoms. The van der Waals surface area contributed by atoms with E-state index >= 15 is 0 Å². The summed E-state index contributed by atoms with van der Waals surface area (Å²) in [6.07, 6.45) is 0.490. The number of rotatable bonds is 4. The Hall–Kier alpha value is -1.06. The molecule has 66 valence electrons. The maximum Gasteiger partial charge on any atom is 0.0951 e. The minimum Gasteiger partial charge on any atom is -0.285 e. The molecule has 0 aliphatic rings. The Morgan fingerprint density at radius 1 is 1.25 bits per heavy atom. The molecule has 1 unspecified atom stereocenters. The number of nitrogens with zero attached hydrogens (tertiary/aromatic N) is 3. The van der Waals surface area contributed by atoms with Gasteiger partial charge in [-0.3, -0.25) is 4.90 Å². The Morgan fingerprint density at radius 3 is 2.17 bits per heavy atom. The molecule has 0 aliphatic heterocycles. The van der Waals surface area contributed by atoms with Crippen LogP contribution in [0.25, 0.3) is 0 Å². The third-order valence-electron chi connectivity index (χ3n) is 1.83. The van der Waals surface area contributed by atoms with E-state index in [4.69, 9.17) is 10.5 Å². The minimum absolute atomic E-state index is 0.0988. The largest absolute Gasteiger partial charge is 0.285 e. The summed E-state index contributed by atoms with van der Waals surface area (Å²) in [6, 6.07) is 4.48. The van der Waals surface area contributed by atoms with E-state index in [1.54, 1.807) is 0 Å². The summed E-state index contributed by atoms with van der Waals surface area (Å²) in [5.41, 5.74) is 0. The van der Waals surface area contributed by atoms with Gasteiger partial charge in [0.15, 0.2) is 0 Å². The van der Waals surface area contributed by atoms with Crippen LogP contribution in [0.1, 0.15) is 27.2 Å². The average Bonchev–Trinajstić information content (AvgIpc) is 2.04. The van der Waals surface area contributed by atoms with Crippen molar-refractivity contribution in [2.75, 3.05) is 6.54 Å². The molecule has 3 nitrogen and oxygen atoms in total. The number of nitriles is 2. The Bertz CT molecular complexity index is 197. The summed E-state index contributed by atoms with van der Waals surface area (Å²) in [7, 11) is 0. The zero-order valence-electron chi connectivity index (χ0n) is 7.91. The zero-order chi connectivity index (χ0) is 9.56. The highest BCUT2D eigenvalue weighted by Crippen LogP contribution is 2.04. The van der Waals surface area contributed by atoms with Gasteiger partial charge in [0.2, 0.25) is 0 Å². The summed E-state index contributed by atoms with van der Waals surface area (Å²) in [5.74, 6) is 0. The lowest BCUT2D eigenvalue weighted by Gasteiger charge is -2.27. The van der Waals surface area contributed by atoms with E-state index in [2.05, 4.69) is 12.1 Å². The molecule has 1 atom stereocenters. The molecule has 12 heavy (non-hydrogen) atoms. The highest BCUT2D eigenvalue weighted by molar-refractivity contribution is 4.90. The first-order valence-electron chi connectivity index (χ1n) is 4.15. The average molecular weight is 165 g/mol. The van der Waals surface area contributed by atoms with Gasteiger partial charge < -0.3 is 0 Å². The van der Waals surface area contributed by atoms with E-state index in [0.717, 1.165) is 0 Å². The zero-order valence-corrected chi connectivity index (χ0v) is 7.91. The van der Waals surface area contributed by atoms with Crippen LogP contribution in [-0.2, 0) is 0 Å². The third kappa shape index (κ3) is 3.37.